The minimum absolute atomic E-state index is 0.290. The van der Waals surface area contributed by atoms with Gasteiger partial charge in [0.15, 0.2) is 0 Å². The van der Waals surface area contributed by atoms with Gasteiger partial charge in [-0.25, -0.2) is 0 Å². The first-order valence-corrected chi connectivity index (χ1v) is 6.81. The van der Waals surface area contributed by atoms with E-state index in [2.05, 4.69) is 4.90 Å². The monoisotopic (exact) mass is 265 g/mol. The van der Waals surface area contributed by atoms with Crippen molar-refractivity contribution in [1.29, 1.82) is 0 Å². The molecule has 1 heterocycles. The van der Waals surface area contributed by atoms with Gasteiger partial charge in [0.2, 0.25) is 0 Å². The summed E-state index contributed by atoms with van der Waals surface area (Å²) in [6.07, 6.45) is 1.98. The molecule has 0 aromatic heterocycles. The van der Waals surface area contributed by atoms with E-state index in [0.717, 1.165) is 43.0 Å². The van der Waals surface area contributed by atoms with Gasteiger partial charge in [-0.15, -0.1) is 0 Å². The number of benzene rings is 1. The lowest BCUT2D eigenvalue weighted by atomic mass is 10.1. The van der Waals surface area contributed by atoms with E-state index in [1.807, 2.05) is 25.2 Å². The standard InChI is InChI=1S/C15H23NO3/c1-11(17)15-13(7-4-8-14(15)18-3)16(2)10-12-6-5-9-19-12/h4,7-8,11-12,17H,5-6,9-10H2,1-3H3. The molecular formula is C15H23NO3. The van der Waals surface area contributed by atoms with Crippen LogP contribution in [0.1, 0.15) is 31.4 Å². The summed E-state index contributed by atoms with van der Waals surface area (Å²) in [4.78, 5) is 2.14. The van der Waals surface area contributed by atoms with Crippen molar-refractivity contribution in [3.8, 4) is 5.75 Å². The Balaban J connectivity index is 2.22. The van der Waals surface area contributed by atoms with Gasteiger partial charge in [-0.2, -0.15) is 0 Å². The highest BCUT2D eigenvalue weighted by atomic mass is 16.5. The van der Waals surface area contributed by atoms with Crippen molar-refractivity contribution < 1.29 is 14.6 Å². The Hall–Kier alpha value is -1.26. The van der Waals surface area contributed by atoms with Gasteiger partial charge >= 0.3 is 0 Å². The Bertz CT molecular complexity index is 414. The molecule has 0 radical (unpaired) electrons. The maximum Gasteiger partial charge on any atom is 0.126 e. The molecule has 4 heteroatoms. The molecule has 0 spiro atoms. The molecule has 19 heavy (non-hydrogen) atoms. The third-order valence-electron chi connectivity index (χ3n) is 3.59. The van der Waals surface area contributed by atoms with E-state index in [0.29, 0.717) is 0 Å². The Labute approximate surface area is 114 Å². The zero-order valence-corrected chi connectivity index (χ0v) is 11.9. The number of aliphatic hydroxyl groups is 1. The molecule has 0 aliphatic carbocycles. The van der Waals surface area contributed by atoms with Gasteiger partial charge < -0.3 is 19.5 Å². The molecule has 1 aliphatic rings. The van der Waals surface area contributed by atoms with E-state index in [1.165, 1.54) is 0 Å². The van der Waals surface area contributed by atoms with Gasteiger partial charge in [-0.3, -0.25) is 0 Å². The SMILES string of the molecule is COc1cccc(N(C)CC2CCCO2)c1C(C)O. The normalized spacial score (nSPS) is 20.3. The highest BCUT2D eigenvalue weighted by molar-refractivity contribution is 5.60. The molecule has 1 saturated heterocycles. The maximum atomic E-state index is 9.99. The number of rotatable bonds is 5. The summed E-state index contributed by atoms with van der Waals surface area (Å²) in [5.41, 5.74) is 1.84. The topological polar surface area (TPSA) is 41.9 Å². The average molecular weight is 265 g/mol. The Morgan fingerprint density at radius 1 is 1.53 bits per heavy atom. The number of nitrogens with zero attached hydrogens (tertiary/aromatic N) is 1. The number of hydrogen-bond acceptors (Lipinski definition) is 4. The molecule has 106 valence electrons. The summed E-state index contributed by atoms with van der Waals surface area (Å²) < 4.78 is 11.0. The molecule has 1 N–H and O–H groups in total. The third kappa shape index (κ3) is 3.19. The zero-order valence-electron chi connectivity index (χ0n) is 11.9. The van der Waals surface area contributed by atoms with Crippen LogP contribution in [0.4, 0.5) is 5.69 Å². The van der Waals surface area contributed by atoms with Crippen LogP contribution in [-0.4, -0.2) is 38.5 Å². The molecule has 0 amide bonds. The van der Waals surface area contributed by atoms with Gasteiger partial charge in [0.05, 0.1) is 19.3 Å². The molecule has 1 aromatic carbocycles. The lowest BCUT2D eigenvalue weighted by molar-refractivity contribution is 0.116. The number of aliphatic hydroxyl groups excluding tert-OH is 1. The fourth-order valence-electron chi connectivity index (χ4n) is 2.66. The van der Waals surface area contributed by atoms with Crippen LogP contribution in [0.25, 0.3) is 0 Å². The van der Waals surface area contributed by atoms with Crippen molar-refractivity contribution in [3.05, 3.63) is 23.8 Å². The Kier molecular flexibility index (Phi) is 4.66. The molecule has 4 nitrogen and oxygen atoms in total. The molecule has 2 unspecified atom stereocenters. The summed E-state index contributed by atoms with van der Waals surface area (Å²) in [6.45, 7) is 3.47. The summed E-state index contributed by atoms with van der Waals surface area (Å²) in [6, 6.07) is 5.84. The summed E-state index contributed by atoms with van der Waals surface area (Å²) in [5.74, 6) is 0.728. The van der Waals surface area contributed by atoms with Crippen molar-refractivity contribution in [2.45, 2.75) is 32.0 Å². The van der Waals surface area contributed by atoms with E-state index in [1.54, 1.807) is 14.0 Å². The second-order valence-corrected chi connectivity index (χ2v) is 5.08. The number of likely N-dealkylation sites (N-methyl/N-ethyl adjacent to an activating group) is 1. The first-order valence-electron chi connectivity index (χ1n) is 6.81. The summed E-state index contributed by atoms with van der Waals surface area (Å²) >= 11 is 0. The smallest absolute Gasteiger partial charge is 0.126 e. The van der Waals surface area contributed by atoms with Crippen LogP contribution in [0, 0.1) is 0 Å². The van der Waals surface area contributed by atoms with Crippen molar-refractivity contribution in [2.24, 2.45) is 0 Å². The van der Waals surface area contributed by atoms with E-state index >= 15 is 0 Å². The average Bonchev–Trinajstić information content (AvgIpc) is 2.90. The van der Waals surface area contributed by atoms with Crippen molar-refractivity contribution >= 4 is 5.69 Å². The van der Waals surface area contributed by atoms with Crippen molar-refractivity contribution in [2.75, 3.05) is 32.2 Å². The molecule has 1 aliphatic heterocycles. The number of ether oxygens (including phenoxy) is 2. The van der Waals surface area contributed by atoms with Gasteiger partial charge in [0.1, 0.15) is 5.75 Å². The molecule has 2 atom stereocenters. The van der Waals surface area contributed by atoms with E-state index in [9.17, 15) is 5.11 Å². The Morgan fingerprint density at radius 2 is 2.32 bits per heavy atom. The van der Waals surface area contributed by atoms with Gasteiger partial charge in [-0.05, 0) is 31.9 Å². The lowest BCUT2D eigenvalue weighted by Crippen LogP contribution is -2.29. The van der Waals surface area contributed by atoms with Crippen LogP contribution in [0.3, 0.4) is 0 Å². The minimum atomic E-state index is -0.557. The molecular weight excluding hydrogens is 242 g/mol. The van der Waals surface area contributed by atoms with Crippen LogP contribution in [0.5, 0.6) is 5.75 Å². The number of anilines is 1. The quantitative estimate of drug-likeness (QED) is 0.887. The van der Waals surface area contributed by atoms with Crippen LogP contribution < -0.4 is 9.64 Å². The predicted octanol–water partition coefficient (Wildman–Crippen LogP) is 2.36. The predicted molar refractivity (Wildman–Crippen MR) is 75.9 cm³/mol. The number of methoxy groups -OCH3 is 1. The Morgan fingerprint density at radius 3 is 2.89 bits per heavy atom. The number of hydrogen-bond donors (Lipinski definition) is 1. The van der Waals surface area contributed by atoms with E-state index in [4.69, 9.17) is 9.47 Å². The fraction of sp³-hybridized carbons (Fsp3) is 0.600. The van der Waals surface area contributed by atoms with Gasteiger partial charge in [0, 0.05) is 31.5 Å². The van der Waals surface area contributed by atoms with Crippen LogP contribution in [0.15, 0.2) is 18.2 Å². The van der Waals surface area contributed by atoms with E-state index < -0.39 is 6.10 Å². The van der Waals surface area contributed by atoms with Crippen molar-refractivity contribution in [1.82, 2.24) is 0 Å². The van der Waals surface area contributed by atoms with Crippen LogP contribution >= 0.6 is 0 Å². The first kappa shape index (κ1) is 14.2. The van der Waals surface area contributed by atoms with E-state index in [-0.39, 0.29) is 6.10 Å². The van der Waals surface area contributed by atoms with Crippen LogP contribution in [0.2, 0.25) is 0 Å². The molecule has 0 saturated carbocycles. The molecule has 0 bridgehead atoms. The highest BCUT2D eigenvalue weighted by Crippen LogP contribution is 2.34. The lowest BCUT2D eigenvalue weighted by Gasteiger charge is -2.27. The van der Waals surface area contributed by atoms with Gasteiger partial charge in [0.25, 0.3) is 0 Å². The minimum Gasteiger partial charge on any atom is -0.496 e. The third-order valence-corrected chi connectivity index (χ3v) is 3.59. The zero-order chi connectivity index (χ0) is 13.8. The second kappa shape index (κ2) is 6.26. The molecule has 1 fully saturated rings. The second-order valence-electron chi connectivity index (χ2n) is 5.08. The molecule has 2 rings (SSSR count). The molecule has 1 aromatic rings. The highest BCUT2D eigenvalue weighted by Gasteiger charge is 2.21. The fourth-order valence-corrected chi connectivity index (χ4v) is 2.66. The maximum absolute atomic E-state index is 9.99. The summed E-state index contributed by atoms with van der Waals surface area (Å²) in [7, 11) is 3.66. The van der Waals surface area contributed by atoms with Gasteiger partial charge in [-0.1, -0.05) is 6.07 Å². The van der Waals surface area contributed by atoms with Crippen molar-refractivity contribution in [3.63, 3.8) is 0 Å². The largest absolute Gasteiger partial charge is 0.496 e. The van der Waals surface area contributed by atoms with Crippen LogP contribution in [-0.2, 0) is 4.74 Å². The summed E-state index contributed by atoms with van der Waals surface area (Å²) in [5, 5.41) is 9.99. The first-order chi connectivity index (χ1) is 9.13.